The van der Waals surface area contributed by atoms with E-state index < -0.39 is 0 Å². The normalized spacial score (nSPS) is 19.9. The van der Waals surface area contributed by atoms with E-state index in [1.165, 1.54) is 11.1 Å². The first-order valence-corrected chi connectivity index (χ1v) is 7.95. The molecule has 1 N–H and O–H groups in total. The highest BCUT2D eigenvalue weighted by atomic mass is 35.5. The van der Waals surface area contributed by atoms with E-state index in [9.17, 15) is 0 Å². The van der Waals surface area contributed by atoms with Gasteiger partial charge in [0.1, 0.15) is 0 Å². The molecule has 1 aliphatic rings. The molecule has 0 bridgehead atoms. The zero-order chi connectivity index (χ0) is 15.8. The summed E-state index contributed by atoms with van der Waals surface area (Å²) in [5, 5.41) is 16.2. The van der Waals surface area contributed by atoms with E-state index in [4.69, 9.17) is 11.6 Å². The third-order valence-corrected chi connectivity index (χ3v) is 4.54. The number of nitrogens with zero attached hydrogens (tertiary/aromatic N) is 4. The van der Waals surface area contributed by atoms with Crippen LogP contribution in [0.4, 0.5) is 5.95 Å². The molecule has 0 spiro atoms. The van der Waals surface area contributed by atoms with Gasteiger partial charge in [-0.25, -0.2) is 4.68 Å². The maximum atomic E-state index is 6.01. The van der Waals surface area contributed by atoms with Gasteiger partial charge in [0.2, 0.25) is 5.95 Å². The molecule has 23 heavy (non-hydrogen) atoms. The predicted octanol–water partition coefficient (Wildman–Crippen LogP) is 3.78. The Morgan fingerprint density at radius 3 is 2.48 bits per heavy atom. The second kappa shape index (κ2) is 5.66. The Balaban J connectivity index is 1.71. The Morgan fingerprint density at radius 2 is 1.74 bits per heavy atom. The fourth-order valence-electron chi connectivity index (χ4n) is 3.02. The summed E-state index contributed by atoms with van der Waals surface area (Å²) in [6.45, 7) is 2.09. The van der Waals surface area contributed by atoms with Crippen LogP contribution in [0.2, 0.25) is 5.02 Å². The fourth-order valence-corrected chi connectivity index (χ4v) is 3.14. The first-order chi connectivity index (χ1) is 11.2. The number of halogens is 1. The van der Waals surface area contributed by atoms with Crippen LogP contribution in [0.1, 0.15) is 35.2 Å². The lowest BCUT2D eigenvalue weighted by Gasteiger charge is -2.31. The number of anilines is 1. The maximum absolute atomic E-state index is 6.01. The fraction of sp³-hybridized carbons (Fsp3) is 0.235. The van der Waals surface area contributed by atoms with E-state index in [2.05, 4.69) is 52.0 Å². The molecule has 6 heteroatoms. The smallest absolute Gasteiger partial charge is 0.243 e. The zero-order valence-corrected chi connectivity index (χ0v) is 13.4. The van der Waals surface area contributed by atoms with E-state index in [-0.39, 0.29) is 12.1 Å². The van der Waals surface area contributed by atoms with Crippen LogP contribution in [0.5, 0.6) is 0 Å². The van der Waals surface area contributed by atoms with Gasteiger partial charge in [-0.1, -0.05) is 58.7 Å². The van der Waals surface area contributed by atoms with Crippen molar-refractivity contribution in [1.29, 1.82) is 0 Å². The molecule has 2 aromatic carbocycles. The van der Waals surface area contributed by atoms with Gasteiger partial charge in [0.05, 0.1) is 12.1 Å². The van der Waals surface area contributed by atoms with Crippen LogP contribution in [0.15, 0.2) is 48.5 Å². The van der Waals surface area contributed by atoms with Gasteiger partial charge in [-0.15, -0.1) is 0 Å². The summed E-state index contributed by atoms with van der Waals surface area (Å²) < 4.78 is 1.84. The Morgan fingerprint density at radius 1 is 1.04 bits per heavy atom. The third-order valence-electron chi connectivity index (χ3n) is 4.28. The highest BCUT2D eigenvalue weighted by Gasteiger charge is 2.30. The number of rotatable bonds is 2. The van der Waals surface area contributed by atoms with Crippen molar-refractivity contribution in [2.75, 3.05) is 5.32 Å². The van der Waals surface area contributed by atoms with Gasteiger partial charge in [-0.05, 0) is 47.0 Å². The van der Waals surface area contributed by atoms with Crippen LogP contribution in [-0.2, 0) is 0 Å². The number of hydrogen-bond donors (Lipinski definition) is 1. The van der Waals surface area contributed by atoms with E-state index in [0.29, 0.717) is 5.95 Å². The second-order valence-electron chi connectivity index (χ2n) is 5.86. The minimum Gasteiger partial charge on any atom is -0.346 e. The summed E-state index contributed by atoms with van der Waals surface area (Å²) in [5.41, 5.74) is 3.65. The second-order valence-corrected chi connectivity index (χ2v) is 6.29. The van der Waals surface area contributed by atoms with Crippen molar-refractivity contribution >= 4 is 17.5 Å². The van der Waals surface area contributed by atoms with E-state index >= 15 is 0 Å². The maximum Gasteiger partial charge on any atom is 0.243 e. The molecule has 0 aliphatic carbocycles. The largest absolute Gasteiger partial charge is 0.346 e. The van der Waals surface area contributed by atoms with Crippen LogP contribution >= 0.6 is 11.6 Å². The predicted molar refractivity (Wildman–Crippen MR) is 89.6 cm³/mol. The lowest BCUT2D eigenvalue weighted by Crippen LogP contribution is -2.28. The Hall–Kier alpha value is -2.40. The van der Waals surface area contributed by atoms with Crippen molar-refractivity contribution in [1.82, 2.24) is 20.2 Å². The number of fused-ring (bicyclic) bond motifs is 1. The molecule has 3 aromatic rings. The van der Waals surface area contributed by atoms with E-state index in [0.717, 1.165) is 17.0 Å². The molecular weight excluding hydrogens is 310 g/mol. The zero-order valence-electron chi connectivity index (χ0n) is 12.6. The first-order valence-electron chi connectivity index (χ1n) is 7.57. The van der Waals surface area contributed by atoms with Gasteiger partial charge >= 0.3 is 0 Å². The van der Waals surface area contributed by atoms with Crippen LogP contribution < -0.4 is 5.32 Å². The molecule has 0 amide bonds. The lowest BCUT2D eigenvalue weighted by atomic mass is 9.93. The number of hydrogen-bond acceptors (Lipinski definition) is 4. The molecule has 1 aliphatic heterocycles. The van der Waals surface area contributed by atoms with Crippen molar-refractivity contribution in [2.45, 2.75) is 25.4 Å². The van der Waals surface area contributed by atoms with Crippen LogP contribution in [0, 0.1) is 6.92 Å². The Labute approximate surface area is 139 Å². The molecule has 1 aromatic heterocycles. The average Bonchev–Trinajstić information content (AvgIpc) is 3.04. The van der Waals surface area contributed by atoms with Crippen molar-refractivity contribution in [2.24, 2.45) is 0 Å². The topological polar surface area (TPSA) is 55.6 Å². The summed E-state index contributed by atoms with van der Waals surface area (Å²) in [6, 6.07) is 16.7. The molecule has 2 unspecified atom stereocenters. The van der Waals surface area contributed by atoms with Gasteiger partial charge < -0.3 is 5.32 Å². The number of benzene rings is 2. The number of tetrazole rings is 1. The summed E-state index contributed by atoms with van der Waals surface area (Å²) in [7, 11) is 0. The Kier molecular flexibility index (Phi) is 3.50. The molecule has 0 fully saturated rings. The highest BCUT2D eigenvalue weighted by Crippen LogP contribution is 2.37. The van der Waals surface area contributed by atoms with Gasteiger partial charge in [0.25, 0.3) is 0 Å². The summed E-state index contributed by atoms with van der Waals surface area (Å²) in [5.74, 6) is 0.696. The number of nitrogens with one attached hydrogen (secondary N) is 1. The standard InChI is InChI=1S/C17H16ClN5/c1-11-2-4-12(5-3-11)15-10-16(13-6-8-14(18)9-7-13)23-17(19-15)20-21-22-23/h2-9,15-16H,10H2,1H3,(H,19,20,22). The number of aryl methyl sites for hydroxylation is 1. The average molecular weight is 326 g/mol. The van der Waals surface area contributed by atoms with Crippen LogP contribution in [0.25, 0.3) is 0 Å². The molecule has 0 radical (unpaired) electrons. The minimum absolute atomic E-state index is 0.0878. The molecule has 116 valence electrons. The molecule has 2 heterocycles. The monoisotopic (exact) mass is 325 g/mol. The summed E-state index contributed by atoms with van der Waals surface area (Å²) >= 11 is 6.01. The lowest BCUT2D eigenvalue weighted by molar-refractivity contribution is 0.424. The summed E-state index contributed by atoms with van der Waals surface area (Å²) in [6.07, 6.45) is 0.878. The molecule has 0 saturated carbocycles. The third kappa shape index (κ3) is 2.68. The van der Waals surface area contributed by atoms with Gasteiger partial charge in [-0.2, -0.15) is 0 Å². The van der Waals surface area contributed by atoms with Crippen molar-refractivity contribution in [3.05, 3.63) is 70.2 Å². The Bertz CT molecular complexity index is 810. The number of aromatic nitrogens is 4. The first kappa shape index (κ1) is 14.2. The van der Waals surface area contributed by atoms with Gasteiger partial charge in [0.15, 0.2) is 0 Å². The molecule has 4 rings (SSSR count). The van der Waals surface area contributed by atoms with E-state index in [1.807, 2.05) is 28.9 Å². The molecule has 2 atom stereocenters. The molecule has 0 saturated heterocycles. The SMILES string of the molecule is Cc1ccc(C2CC(c3ccc(Cl)cc3)n3nnnc3N2)cc1. The molecular formula is C17H16ClN5. The van der Waals surface area contributed by atoms with Crippen molar-refractivity contribution in [3.63, 3.8) is 0 Å². The molecule has 5 nitrogen and oxygen atoms in total. The van der Waals surface area contributed by atoms with Gasteiger partial charge in [0, 0.05) is 5.02 Å². The van der Waals surface area contributed by atoms with Crippen LogP contribution in [0.3, 0.4) is 0 Å². The van der Waals surface area contributed by atoms with Crippen molar-refractivity contribution in [3.8, 4) is 0 Å². The van der Waals surface area contributed by atoms with Crippen molar-refractivity contribution < 1.29 is 0 Å². The highest BCUT2D eigenvalue weighted by molar-refractivity contribution is 6.30. The quantitative estimate of drug-likeness (QED) is 0.779. The van der Waals surface area contributed by atoms with E-state index in [1.54, 1.807) is 0 Å². The minimum atomic E-state index is 0.0878. The summed E-state index contributed by atoms with van der Waals surface area (Å²) in [4.78, 5) is 0. The van der Waals surface area contributed by atoms with Gasteiger partial charge in [-0.3, -0.25) is 0 Å². The van der Waals surface area contributed by atoms with Crippen LogP contribution in [-0.4, -0.2) is 20.2 Å².